The van der Waals surface area contributed by atoms with E-state index in [9.17, 15) is 52.8 Å². The number of carbonyl (C=O) groups excluding carboxylic acids is 4. The van der Waals surface area contributed by atoms with Crippen molar-refractivity contribution in [3.63, 3.8) is 0 Å². The van der Waals surface area contributed by atoms with Crippen molar-refractivity contribution in [1.29, 1.82) is 0 Å². The van der Waals surface area contributed by atoms with Crippen molar-refractivity contribution in [3.05, 3.63) is 253 Å². The van der Waals surface area contributed by atoms with Crippen LogP contribution in [-0.2, 0) is 70.2 Å². The molecule has 4 aliphatic rings. The van der Waals surface area contributed by atoms with Gasteiger partial charge >= 0.3 is 0 Å². The smallest absolute Gasteiger partial charge is 0.259 e. The molecule has 7 aromatic carbocycles. The van der Waals surface area contributed by atoms with Crippen molar-refractivity contribution in [3.8, 4) is 28.9 Å². The van der Waals surface area contributed by atoms with E-state index in [-0.39, 0.29) is 96.4 Å². The molecular weight excluding hydrogens is 1700 g/mol. The number of benzene rings is 7. The van der Waals surface area contributed by atoms with E-state index in [4.69, 9.17) is 46.6 Å². The van der Waals surface area contributed by atoms with Crippen molar-refractivity contribution in [1.82, 2.24) is 46.0 Å². The lowest BCUT2D eigenvalue weighted by molar-refractivity contribution is 0.0872. The van der Waals surface area contributed by atoms with Gasteiger partial charge in [0, 0.05) is 40.8 Å². The maximum absolute atomic E-state index is 13.2. The molecule has 34 nitrogen and oxygen atoms in total. The molecule has 0 saturated heterocycles. The van der Waals surface area contributed by atoms with Crippen LogP contribution in [0.25, 0.3) is 32.8 Å². The summed E-state index contributed by atoms with van der Waals surface area (Å²) in [6.07, 6.45) is 0. The zero-order valence-electron chi connectivity index (χ0n) is 71.7. The SMILES string of the molecule is COc1cc(C(=O)NC(C)(C)COc2cccc3c2C(N)=NS(=O)(=O)C3)c2ccccc2n1.Cc1cc(C(=O)NC(C)(C)COc2cccc3c2C(N)=NS(=O)(=O)C3)c2c(C)nn(C)c2n1.Cc1cc(C(=O)NC(C)(C)COc2cccc3c2C(N)=NS(=O)(=O)C3)c2ccccc2n1.Cc1ccccc1C(=O)NC(C)(C)COc1cccc2c1C(N)=NS(=O)(=O)C2. The first-order valence-electron chi connectivity index (χ1n) is 39.4. The number of fused-ring (bicyclic) bond motifs is 7. The van der Waals surface area contributed by atoms with Gasteiger partial charge in [-0.15, -0.1) is 17.6 Å². The van der Waals surface area contributed by atoms with Crippen LogP contribution in [0.15, 0.2) is 181 Å². The number of hydrogen-bond acceptors (Lipinski definition) is 25. The summed E-state index contributed by atoms with van der Waals surface area (Å²) in [4.78, 5) is 65.4. The Morgan fingerprint density at radius 2 is 0.698 bits per heavy atom. The predicted octanol–water partition coefficient (Wildman–Crippen LogP) is 8.91. The van der Waals surface area contributed by atoms with Crippen molar-refractivity contribution >= 4 is 120 Å². The van der Waals surface area contributed by atoms with E-state index in [1.165, 1.54) is 7.11 Å². The molecule has 0 spiro atoms. The fraction of sp³-hybridized carbons (Fsp3) is 0.295. The van der Waals surface area contributed by atoms with E-state index in [2.05, 4.69) is 58.9 Å². The summed E-state index contributed by atoms with van der Waals surface area (Å²) in [5.41, 5.74) is 31.9. The minimum atomic E-state index is -3.64. The third-order valence-electron chi connectivity index (χ3n) is 19.9. The number of hydrogen-bond donors (Lipinski definition) is 8. The molecule has 4 amide bonds. The van der Waals surface area contributed by atoms with Gasteiger partial charge in [-0.2, -0.15) is 5.10 Å². The minimum absolute atomic E-state index is 0.0846. The van der Waals surface area contributed by atoms with E-state index in [0.717, 1.165) is 27.9 Å². The zero-order chi connectivity index (χ0) is 91.6. The number of sulfonamides is 4. The largest absolute Gasteiger partial charge is 0.490 e. The molecule has 0 bridgehead atoms. The highest BCUT2D eigenvalue weighted by molar-refractivity contribution is 7.90. The Kier molecular flexibility index (Phi) is 26.2. The lowest BCUT2D eigenvalue weighted by atomic mass is 10.0. The molecule has 0 unspecified atom stereocenters. The first-order chi connectivity index (χ1) is 59.1. The Labute approximate surface area is 729 Å². The number of nitrogens with zero attached hydrogens (tertiary/aromatic N) is 9. The highest BCUT2D eigenvalue weighted by Gasteiger charge is 2.35. The first kappa shape index (κ1) is 91.7. The number of methoxy groups -OCH3 is 1. The highest BCUT2D eigenvalue weighted by atomic mass is 32.2. The number of aromatic nitrogens is 5. The number of amides is 4. The Hall–Kier alpha value is -13.5. The Bertz CT molecular complexity index is 6850. The summed E-state index contributed by atoms with van der Waals surface area (Å²) in [5, 5.41) is 18.6. The summed E-state index contributed by atoms with van der Waals surface area (Å²) < 4.78 is 140. The average molecular weight is 1790 g/mol. The number of pyridine rings is 3. The van der Waals surface area contributed by atoms with E-state index >= 15 is 0 Å². The van der Waals surface area contributed by atoms with Crippen LogP contribution in [0.2, 0.25) is 0 Å². The molecule has 4 aliphatic heterocycles. The summed E-state index contributed by atoms with van der Waals surface area (Å²) >= 11 is 0. The van der Waals surface area contributed by atoms with Crippen molar-refractivity contribution in [2.45, 2.75) is 128 Å². The van der Waals surface area contributed by atoms with E-state index in [1.54, 1.807) is 109 Å². The molecule has 660 valence electrons. The second-order valence-corrected chi connectivity index (χ2v) is 39.6. The molecule has 0 saturated carbocycles. The number of aryl methyl sites for hydroxylation is 5. The van der Waals surface area contributed by atoms with Crippen LogP contribution in [0.4, 0.5) is 0 Å². The summed E-state index contributed by atoms with van der Waals surface area (Å²) in [6, 6.07) is 47.6. The van der Waals surface area contributed by atoms with Crippen molar-refractivity contribution in [2.24, 2.45) is 47.6 Å². The maximum atomic E-state index is 13.2. The average Bonchev–Trinajstić information content (AvgIpc) is 1.39. The van der Waals surface area contributed by atoms with Crippen LogP contribution in [0.3, 0.4) is 0 Å². The lowest BCUT2D eigenvalue weighted by Gasteiger charge is -2.28. The summed E-state index contributed by atoms with van der Waals surface area (Å²) in [6.45, 7) is 22.6. The fourth-order valence-electron chi connectivity index (χ4n) is 14.3. The van der Waals surface area contributed by atoms with Gasteiger partial charge in [0.2, 0.25) is 5.88 Å². The van der Waals surface area contributed by atoms with E-state index in [0.29, 0.717) is 123 Å². The molecule has 12 N–H and O–H groups in total. The molecule has 126 heavy (non-hydrogen) atoms. The molecule has 0 aliphatic carbocycles. The van der Waals surface area contributed by atoms with Gasteiger partial charge in [0.25, 0.3) is 63.7 Å². The van der Waals surface area contributed by atoms with Gasteiger partial charge in [0.05, 0.1) is 113 Å². The number of ether oxygens (including phenoxy) is 5. The van der Waals surface area contributed by atoms with E-state index < -0.39 is 62.2 Å². The van der Waals surface area contributed by atoms with Crippen LogP contribution in [0.1, 0.15) is 164 Å². The van der Waals surface area contributed by atoms with E-state index in [1.807, 2.05) is 150 Å². The lowest BCUT2D eigenvalue weighted by Crippen LogP contribution is -2.48. The molecule has 0 fully saturated rings. The fourth-order valence-corrected chi connectivity index (χ4v) is 18.7. The monoisotopic (exact) mass is 1790 g/mol. The molecule has 15 rings (SSSR count). The number of rotatable bonds is 21. The maximum Gasteiger partial charge on any atom is 0.259 e. The molecule has 38 heteroatoms. The second-order valence-electron chi connectivity index (χ2n) is 33.1. The molecular formula is C88H97N17O17S4. The Morgan fingerprint density at radius 3 is 1.06 bits per heavy atom. The van der Waals surface area contributed by atoms with Gasteiger partial charge in [-0.3, -0.25) is 28.8 Å². The summed E-state index contributed by atoms with van der Waals surface area (Å²) in [5.74, 6) is -0.274. The quantitative estimate of drug-likeness (QED) is 0.0332. The van der Waals surface area contributed by atoms with Gasteiger partial charge in [-0.25, -0.2) is 43.6 Å². The minimum Gasteiger partial charge on any atom is -0.490 e. The Balaban J connectivity index is 0.000000153. The number of amidine groups is 4. The number of carbonyl (C=O) groups is 4. The standard InChI is InChI=1S/C23H24N4O5S.C23H24N4O4S.C22H26N6O4S.C20H23N3O4S/c1-23(2,13-32-18-10-6-7-14-12-33(29,30)27-21(24)20(14)18)26-22(28)16-11-19(31-3)25-17-9-5-4-8-15(16)17;1-14-11-17(16-8-4-5-9-18(16)25-14)22(28)26-23(2,3)13-31-19-10-6-7-15-12-32(29,30)27-21(24)20(15)19;1-12-9-15(17-13(2)26-28(5)20(17)24-12)21(29)25-22(3,4)11-32-16-8-6-7-14-10-33(30,31)27-19(23)18(14)16;1-13-7-4-5-9-15(13)19(24)22-20(2,3)12-27-16-10-6-8-14-11-28(25,26)23-18(21)17(14)16/h4-11H,12-13H2,1-3H3,(H2,24,27)(H,26,28);4-11H,12-13H2,1-3H3,(H2,24,27)(H,26,28);6-9H,10-11H2,1-5H3,(H2,23,27)(H,25,29);4-10H,11-12H2,1-3H3,(H2,21,23)(H,22,24). The normalized spacial score (nSPS) is 15.1. The van der Waals surface area contributed by atoms with Crippen molar-refractivity contribution < 1.29 is 76.5 Å². The second kappa shape index (κ2) is 36.0. The van der Waals surface area contributed by atoms with Gasteiger partial charge in [-0.05, 0) is 165 Å². The van der Waals surface area contributed by atoms with Gasteiger partial charge in [0.1, 0.15) is 72.8 Å². The van der Waals surface area contributed by atoms with Crippen LogP contribution in [-0.4, -0.2) is 161 Å². The topological polar surface area (TPSA) is 509 Å². The number of para-hydroxylation sites is 2. The van der Waals surface area contributed by atoms with Crippen LogP contribution in [0.5, 0.6) is 28.9 Å². The molecule has 0 atom stereocenters. The van der Waals surface area contributed by atoms with Crippen LogP contribution < -0.4 is 67.9 Å². The van der Waals surface area contributed by atoms with Gasteiger partial charge < -0.3 is 67.9 Å². The molecule has 11 aromatic rings. The third kappa shape index (κ3) is 22.0. The molecule has 0 radical (unpaired) electrons. The zero-order valence-corrected chi connectivity index (χ0v) is 74.9. The molecule has 4 aromatic heterocycles. The van der Waals surface area contributed by atoms with Gasteiger partial charge in [-0.1, -0.05) is 103 Å². The first-order valence-corrected chi connectivity index (χ1v) is 45.8. The third-order valence-corrected chi connectivity index (χ3v) is 24.5. The Morgan fingerprint density at radius 1 is 0.389 bits per heavy atom. The number of nitrogens with one attached hydrogen (secondary N) is 4. The number of nitrogens with two attached hydrogens (primary N) is 4. The van der Waals surface area contributed by atoms with Crippen LogP contribution in [0, 0.1) is 27.7 Å². The highest BCUT2D eigenvalue weighted by Crippen LogP contribution is 2.35. The molecule has 8 heterocycles. The predicted molar refractivity (Wildman–Crippen MR) is 481 cm³/mol. The summed E-state index contributed by atoms with van der Waals surface area (Å²) in [7, 11) is -11.2. The van der Waals surface area contributed by atoms with Crippen molar-refractivity contribution in [2.75, 3.05) is 33.5 Å². The van der Waals surface area contributed by atoms with Gasteiger partial charge in [0.15, 0.2) is 5.65 Å². The van der Waals surface area contributed by atoms with Crippen LogP contribution >= 0.6 is 0 Å².